The van der Waals surface area contributed by atoms with Crippen molar-refractivity contribution in [2.45, 2.75) is 13.0 Å². The minimum Gasteiger partial charge on any atom is -0.334 e. The third-order valence-electron chi connectivity index (χ3n) is 3.83. The summed E-state index contributed by atoms with van der Waals surface area (Å²) in [6.07, 6.45) is 1.49. The zero-order valence-corrected chi connectivity index (χ0v) is 9.18. The van der Waals surface area contributed by atoms with Crippen LogP contribution in [0.4, 0.5) is 0 Å². The van der Waals surface area contributed by atoms with Gasteiger partial charge in [-0.25, -0.2) is 0 Å². The molecule has 86 valence electrons. The third kappa shape index (κ3) is 1.33. The zero-order chi connectivity index (χ0) is 11.1. The van der Waals surface area contributed by atoms with Crippen molar-refractivity contribution in [1.29, 1.82) is 0 Å². The van der Waals surface area contributed by atoms with Crippen LogP contribution in [-0.4, -0.2) is 51.9 Å². The van der Waals surface area contributed by atoms with Crippen LogP contribution in [0.3, 0.4) is 0 Å². The van der Waals surface area contributed by atoms with Gasteiger partial charge in [0.2, 0.25) is 0 Å². The van der Waals surface area contributed by atoms with Crippen LogP contribution in [0.1, 0.15) is 17.4 Å². The fourth-order valence-corrected chi connectivity index (χ4v) is 2.89. The summed E-state index contributed by atoms with van der Waals surface area (Å²) < 4.78 is 0. The van der Waals surface area contributed by atoms with Crippen LogP contribution in [0, 0.1) is 11.8 Å². The van der Waals surface area contributed by atoms with Gasteiger partial charge >= 0.3 is 0 Å². The second-order valence-corrected chi connectivity index (χ2v) is 4.64. The van der Waals surface area contributed by atoms with E-state index in [1.807, 2.05) is 4.90 Å². The first-order valence-corrected chi connectivity index (χ1v) is 5.65. The summed E-state index contributed by atoms with van der Waals surface area (Å²) in [5.74, 6) is 1.19. The lowest BCUT2D eigenvalue weighted by Gasteiger charge is -2.23. The van der Waals surface area contributed by atoms with E-state index in [4.69, 9.17) is 0 Å². The second kappa shape index (κ2) is 3.55. The Morgan fingerprint density at radius 3 is 3.12 bits per heavy atom. The highest BCUT2D eigenvalue weighted by molar-refractivity contribution is 5.92. The Labute approximate surface area is 93.4 Å². The van der Waals surface area contributed by atoms with Crippen LogP contribution in [0.5, 0.6) is 0 Å². The Balaban J connectivity index is 1.79. The van der Waals surface area contributed by atoms with Crippen molar-refractivity contribution >= 4 is 5.91 Å². The van der Waals surface area contributed by atoms with E-state index in [1.54, 1.807) is 0 Å². The van der Waals surface area contributed by atoms with E-state index in [2.05, 4.69) is 27.7 Å². The van der Waals surface area contributed by atoms with E-state index < -0.39 is 0 Å². The number of hydrogen-bond acceptors (Lipinski definition) is 4. The number of hydrogen-bond donors (Lipinski definition) is 2. The quantitative estimate of drug-likeness (QED) is 0.669. The summed E-state index contributed by atoms with van der Waals surface area (Å²) in [4.78, 5) is 14.1. The topological polar surface area (TPSA) is 73.9 Å². The predicted octanol–water partition coefficient (Wildman–Crippen LogP) is -0.515. The van der Waals surface area contributed by atoms with E-state index in [0.29, 0.717) is 23.6 Å². The van der Waals surface area contributed by atoms with Crippen LogP contribution in [-0.2, 0) is 0 Å². The molecule has 2 aliphatic heterocycles. The molecule has 2 saturated heterocycles. The Morgan fingerprint density at radius 2 is 2.44 bits per heavy atom. The molecule has 6 nitrogen and oxygen atoms in total. The molecular formula is C10H15N5O. The second-order valence-electron chi connectivity index (χ2n) is 4.64. The zero-order valence-electron chi connectivity index (χ0n) is 9.18. The Kier molecular flexibility index (Phi) is 2.17. The number of rotatable bonds is 1. The molecule has 3 unspecified atom stereocenters. The van der Waals surface area contributed by atoms with Gasteiger partial charge in [0.1, 0.15) is 0 Å². The highest BCUT2D eigenvalue weighted by atomic mass is 16.2. The lowest BCUT2D eigenvalue weighted by atomic mass is 9.95. The number of aromatic nitrogens is 3. The van der Waals surface area contributed by atoms with Gasteiger partial charge in [-0.15, -0.1) is 0 Å². The maximum Gasteiger partial charge on any atom is 0.276 e. The fraction of sp³-hybridized carbons (Fsp3) is 0.700. The van der Waals surface area contributed by atoms with Gasteiger partial charge in [0, 0.05) is 25.7 Å². The summed E-state index contributed by atoms with van der Waals surface area (Å²) >= 11 is 0. The highest BCUT2D eigenvalue weighted by Crippen LogP contribution is 2.32. The maximum atomic E-state index is 12.1. The monoisotopic (exact) mass is 221 g/mol. The van der Waals surface area contributed by atoms with Gasteiger partial charge in [-0.05, 0) is 18.8 Å². The minimum absolute atomic E-state index is 0.00403. The molecule has 2 N–H and O–H groups in total. The molecule has 1 aromatic heterocycles. The van der Waals surface area contributed by atoms with Crippen molar-refractivity contribution in [3.8, 4) is 0 Å². The predicted molar refractivity (Wildman–Crippen MR) is 56.7 cm³/mol. The number of nitrogens with one attached hydrogen (secondary N) is 2. The van der Waals surface area contributed by atoms with Crippen molar-refractivity contribution in [1.82, 2.24) is 25.6 Å². The number of H-pyrrole nitrogens is 1. The van der Waals surface area contributed by atoms with Crippen molar-refractivity contribution in [2.24, 2.45) is 11.8 Å². The van der Waals surface area contributed by atoms with Gasteiger partial charge in [-0.2, -0.15) is 15.4 Å². The average Bonchev–Trinajstić information content (AvgIpc) is 2.95. The first kappa shape index (κ1) is 9.77. The number of carbonyl (C=O) groups is 1. The molecule has 0 spiro atoms. The van der Waals surface area contributed by atoms with E-state index in [0.717, 1.165) is 19.6 Å². The molecule has 3 rings (SSSR count). The number of likely N-dealkylation sites (tertiary alicyclic amines) is 1. The van der Waals surface area contributed by atoms with Gasteiger partial charge < -0.3 is 10.2 Å². The SMILES string of the molecule is CC1C2CNCC2CN1C(=O)c1cn[nH]n1. The van der Waals surface area contributed by atoms with Gasteiger partial charge in [-0.3, -0.25) is 4.79 Å². The van der Waals surface area contributed by atoms with E-state index >= 15 is 0 Å². The largest absolute Gasteiger partial charge is 0.334 e. The summed E-state index contributed by atoms with van der Waals surface area (Å²) in [5, 5.41) is 13.4. The fourth-order valence-electron chi connectivity index (χ4n) is 2.89. The smallest absolute Gasteiger partial charge is 0.276 e. The van der Waals surface area contributed by atoms with Crippen molar-refractivity contribution in [2.75, 3.05) is 19.6 Å². The normalized spacial score (nSPS) is 33.1. The van der Waals surface area contributed by atoms with E-state index in [9.17, 15) is 4.79 Å². The minimum atomic E-state index is -0.00403. The van der Waals surface area contributed by atoms with E-state index in [-0.39, 0.29) is 5.91 Å². The summed E-state index contributed by atoms with van der Waals surface area (Å²) in [6, 6.07) is 0.296. The van der Waals surface area contributed by atoms with Crippen LogP contribution in [0.2, 0.25) is 0 Å². The molecule has 2 fully saturated rings. The third-order valence-corrected chi connectivity index (χ3v) is 3.83. The van der Waals surface area contributed by atoms with Gasteiger partial charge in [0.15, 0.2) is 5.69 Å². The molecule has 0 radical (unpaired) electrons. The van der Waals surface area contributed by atoms with Crippen LogP contribution >= 0.6 is 0 Å². The van der Waals surface area contributed by atoms with Gasteiger partial charge in [-0.1, -0.05) is 0 Å². The molecule has 0 saturated carbocycles. The van der Waals surface area contributed by atoms with E-state index in [1.165, 1.54) is 6.20 Å². The Bertz CT molecular complexity index is 390. The number of nitrogens with zero attached hydrogens (tertiary/aromatic N) is 3. The molecule has 1 aromatic rings. The summed E-state index contributed by atoms with van der Waals surface area (Å²) in [5.41, 5.74) is 0.416. The number of carbonyl (C=O) groups excluding carboxylic acids is 1. The molecule has 3 atom stereocenters. The molecule has 3 heterocycles. The summed E-state index contributed by atoms with van der Waals surface area (Å²) in [7, 11) is 0. The number of aromatic amines is 1. The first-order valence-electron chi connectivity index (χ1n) is 5.65. The molecule has 6 heteroatoms. The number of fused-ring (bicyclic) bond motifs is 1. The molecule has 1 amide bonds. The highest BCUT2D eigenvalue weighted by Gasteiger charge is 2.44. The van der Waals surface area contributed by atoms with Gasteiger partial charge in [0.05, 0.1) is 6.20 Å². The molecule has 0 bridgehead atoms. The molecule has 16 heavy (non-hydrogen) atoms. The van der Waals surface area contributed by atoms with Crippen molar-refractivity contribution in [3.63, 3.8) is 0 Å². The molecule has 0 aliphatic carbocycles. The molecule has 2 aliphatic rings. The van der Waals surface area contributed by atoms with Gasteiger partial charge in [0.25, 0.3) is 5.91 Å². The standard InChI is InChI=1S/C10H15N5O/c1-6-8-3-11-2-7(8)5-15(6)10(16)9-4-12-14-13-9/h4,6-8,11H,2-3,5H2,1H3,(H,12,13,14). The first-order chi connectivity index (χ1) is 7.77. The average molecular weight is 221 g/mol. The van der Waals surface area contributed by atoms with Crippen LogP contribution < -0.4 is 5.32 Å². The van der Waals surface area contributed by atoms with Crippen LogP contribution in [0.15, 0.2) is 6.20 Å². The lowest BCUT2D eigenvalue weighted by molar-refractivity contribution is 0.0722. The lowest BCUT2D eigenvalue weighted by Crippen LogP contribution is -2.38. The van der Waals surface area contributed by atoms with Crippen molar-refractivity contribution < 1.29 is 4.79 Å². The van der Waals surface area contributed by atoms with Crippen LogP contribution in [0.25, 0.3) is 0 Å². The molecule has 0 aromatic carbocycles. The summed E-state index contributed by atoms with van der Waals surface area (Å²) in [6.45, 7) is 5.01. The number of amides is 1. The Hall–Kier alpha value is -1.43. The van der Waals surface area contributed by atoms with Crippen molar-refractivity contribution in [3.05, 3.63) is 11.9 Å². The Morgan fingerprint density at radius 1 is 1.56 bits per heavy atom. The molecular weight excluding hydrogens is 206 g/mol. The maximum absolute atomic E-state index is 12.1.